The van der Waals surface area contributed by atoms with E-state index in [9.17, 15) is 9.59 Å². The molecule has 0 aliphatic heterocycles. The summed E-state index contributed by atoms with van der Waals surface area (Å²) in [5.74, 6) is -1.22. The summed E-state index contributed by atoms with van der Waals surface area (Å²) in [6.45, 7) is 1.85. The summed E-state index contributed by atoms with van der Waals surface area (Å²) in [6.07, 6.45) is 0.784. The largest absolute Gasteiger partial charge is 0.481 e. The number of carbonyl (C=O) groups is 2. The van der Waals surface area contributed by atoms with Crippen LogP contribution in [0.4, 0.5) is 0 Å². The van der Waals surface area contributed by atoms with E-state index in [1.54, 1.807) is 0 Å². The Morgan fingerprint density at radius 3 is 2.20 bits per heavy atom. The summed E-state index contributed by atoms with van der Waals surface area (Å²) >= 11 is 0. The molecule has 0 spiro atoms. The van der Waals surface area contributed by atoms with Crippen molar-refractivity contribution in [2.45, 2.75) is 26.2 Å². The van der Waals surface area contributed by atoms with E-state index in [4.69, 9.17) is 5.11 Å². The van der Waals surface area contributed by atoms with Gasteiger partial charge in [0.25, 0.3) is 0 Å². The first-order valence-corrected chi connectivity index (χ1v) is 2.90. The second-order valence-electron chi connectivity index (χ2n) is 1.86. The van der Waals surface area contributed by atoms with E-state index < -0.39 is 5.97 Å². The molecule has 0 saturated carbocycles. The van der Waals surface area contributed by atoms with E-state index >= 15 is 0 Å². The molecule has 3 nitrogen and oxygen atoms in total. The Kier molecular flexibility index (Phi) is 8.34. The van der Waals surface area contributed by atoms with E-state index in [1.807, 2.05) is 6.92 Å². The smallest absolute Gasteiger partial charge is 0.310 e. The van der Waals surface area contributed by atoms with Crippen LogP contribution in [0.1, 0.15) is 26.2 Å². The average Bonchev–Trinajstić information content (AvgIpc) is 1.63. The molecule has 0 aliphatic rings. The van der Waals surface area contributed by atoms with Crippen molar-refractivity contribution in [3.8, 4) is 0 Å². The second kappa shape index (κ2) is 6.76. The van der Waals surface area contributed by atoms with Gasteiger partial charge in [0, 0.05) is 23.2 Å². The predicted molar refractivity (Wildman–Crippen MR) is 32.2 cm³/mol. The van der Waals surface area contributed by atoms with Crippen LogP contribution in [0, 0.1) is 0 Å². The molecule has 1 N–H and O–H groups in total. The van der Waals surface area contributed by atoms with Crippen LogP contribution in [0.15, 0.2) is 0 Å². The topological polar surface area (TPSA) is 54.4 Å². The molecular formula is C6H10CoO3. The summed E-state index contributed by atoms with van der Waals surface area (Å²) in [5, 5.41) is 8.09. The monoisotopic (exact) mass is 189 g/mol. The van der Waals surface area contributed by atoms with Gasteiger partial charge in [-0.25, -0.2) is 0 Å². The fourth-order valence-corrected chi connectivity index (χ4v) is 0.536. The maximum absolute atomic E-state index is 10.5. The number of carbonyl (C=O) groups excluding carboxylic acids is 1. The van der Waals surface area contributed by atoms with Crippen LogP contribution in [-0.4, -0.2) is 16.9 Å². The Morgan fingerprint density at radius 2 is 1.90 bits per heavy atom. The third-order valence-electron chi connectivity index (χ3n) is 0.877. The summed E-state index contributed by atoms with van der Waals surface area (Å²) in [4.78, 5) is 20.3. The van der Waals surface area contributed by atoms with Gasteiger partial charge in [-0.05, 0) is 6.42 Å². The van der Waals surface area contributed by atoms with Crippen LogP contribution >= 0.6 is 0 Å². The Hall–Kier alpha value is -0.354. The maximum Gasteiger partial charge on any atom is 0.310 e. The van der Waals surface area contributed by atoms with E-state index in [0.29, 0.717) is 6.42 Å². The van der Waals surface area contributed by atoms with E-state index in [0.717, 1.165) is 6.42 Å². The molecule has 0 heterocycles. The van der Waals surface area contributed by atoms with Gasteiger partial charge in [-0.2, -0.15) is 0 Å². The number of rotatable bonds is 4. The molecule has 0 unspecified atom stereocenters. The first-order valence-electron chi connectivity index (χ1n) is 2.90. The Labute approximate surface area is 70.0 Å². The van der Waals surface area contributed by atoms with Gasteiger partial charge in [0.1, 0.15) is 12.2 Å². The first kappa shape index (κ1) is 12.3. The molecule has 0 saturated heterocycles. The van der Waals surface area contributed by atoms with Gasteiger partial charge in [-0.15, -0.1) is 0 Å². The molecule has 0 aromatic carbocycles. The van der Waals surface area contributed by atoms with Gasteiger partial charge >= 0.3 is 5.97 Å². The second-order valence-corrected chi connectivity index (χ2v) is 1.86. The number of aliphatic carboxylic acids is 1. The van der Waals surface area contributed by atoms with Gasteiger partial charge in [0.2, 0.25) is 0 Å². The predicted octanol–water partition coefficient (Wildman–Crippen LogP) is 0.828. The van der Waals surface area contributed by atoms with Crippen molar-refractivity contribution < 1.29 is 31.5 Å². The van der Waals surface area contributed by atoms with E-state index in [2.05, 4.69) is 0 Å². The molecule has 0 bridgehead atoms. The summed E-state index contributed by atoms with van der Waals surface area (Å²) < 4.78 is 0. The molecule has 0 aliphatic carbocycles. The Bertz CT molecular complexity index is 122. The first-order chi connectivity index (χ1) is 4.16. The number of ketones is 1. The molecule has 0 atom stereocenters. The number of Topliss-reactive ketones (excluding diaryl/α,β-unsaturated/α-hetero) is 1. The van der Waals surface area contributed by atoms with Crippen molar-refractivity contribution in [1.29, 1.82) is 0 Å². The minimum absolute atomic E-state index is 0. The van der Waals surface area contributed by atoms with Crippen molar-refractivity contribution in [2.75, 3.05) is 0 Å². The number of hydrogen-bond acceptors (Lipinski definition) is 2. The van der Waals surface area contributed by atoms with Crippen molar-refractivity contribution >= 4 is 11.8 Å². The maximum atomic E-state index is 10.5. The zero-order valence-corrected chi connectivity index (χ0v) is 6.76. The standard InChI is InChI=1S/C6H10O3.Co/c1-2-3-5(7)4-6(8)9;/h2-4H2,1H3,(H,8,9);. The molecule has 1 radical (unpaired) electrons. The van der Waals surface area contributed by atoms with Crippen LogP contribution in [0.25, 0.3) is 0 Å². The van der Waals surface area contributed by atoms with Gasteiger partial charge in [-0.1, -0.05) is 6.92 Å². The third kappa shape index (κ3) is 7.65. The quantitative estimate of drug-likeness (QED) is 0.666. The van der Waals surface area contributed by atoms with Crippen molar-refractivity contribution in [2.24, 2.45) is 0 Å². The molecule has 10 heavy (non-hydrogen) atoms. The number of hydrogen-bond donors (Lipinski definition) is 1. The fourth-order valence-electron chi connectivity index (χ4n) is 0.536. The third-order valence-corrected chi connectivity index (χ3v) is 0.877. The SMILES string of the molecule is CCCC(=O)CC(=O)O.[Co]. The normalized spacial score (nSPS) is 8.10. The Balaban J connectivity index is 0. The molecule has 0 rings (SSSR count). The molecule has 0 amide bonds. The van der Waals surface area contributed by atoms with Crippen LogP contribution in [0.5, 0.6) is 0 Å². The van der Waals surface area contributed by atoms with E-state index in [1.165, 1.54) is 0 Å². The number of carboxylic acid groups (broad SMARTS) is 1. The van der Waals surface area contributed by atoms with Crippen molar-refractivity contribution in [3.05, 3.63) is 0 Å². The van der Waals surface area contributed by atoms with Crippen LogP contribution < -0.4 is 0 Å². The Morgan fingerprint density at radius 1 is 1.40 bits per heavy atom. The molecule has 0 aromatic rings. The van der Waals surface area contributed by atoms with Gasteiger partial charge in [0.05, 0.1) is 0 Å². The average molecular weight is 189 g/mol. The molecule has 4 heteroatoms. The zero-order chi connectivity index (χ0) is 7.28. The molecular weight excluding hydrogens is 179 g/mol. The minimum Gasteiger partial charge on any atom is -0.481 e. The molecule has 0 aromatic heterocycles. The van der Waals surface area contributed by atoms with Gasteiger partial charge in [0.15, 0.2) is 0 Å². The number of carboxylic acids is 1. The summed E-state index contributed by atoms with van der Waals surface area (Å²) in [5.41, 5.74) is 0. The molecule has 0 fully saturated rings. The van der Waals surface area contributed by atoms with Crippen LogP contribution in [0.2, 0.25) is 0 Å². The van der Waals surface area contributed by atoms with Gasteiger partial charge < -0.3 is 5.11 Å². The summed E-state index contributed by atoms with van der Waals surface area (Å²) in [7, 11) is 0. The summed E-state index contributed by atoms with van der Waals surface area (Å²) in [6, 6.07) is 0. The van der Waals surface area contributed by atoms with Crippen molar-refractivity contribution in [1.82, 2.24) is 0 Å². The van der Waals surface area contributed by atoms with Gasteiger partial charge in [-0.3, -0.25) is 9.59 Å². The zero-order valence-electron chi connectivity index (χ0n) is 5.72. The molecule has 61 valence electrons. The minimum atomic E-state index is -1.03. The van der Waals surface area contributed by atoms with E-state index in [-0.39, 0.29) is 29.0 Å². The van der Waals surface area contributed by atoms with Crippen LogP contribution in [0.3, 0.4) is 0 Å². The van der Waals surface area contributed by atoms with Crippen LogP contribution in [-0.2, 0) is 26.4 Å². The fraction of sp³-hybridized carbons (Fsp3) is 0.667. The van der Waals surface area contributed by atoms with Crippen molar-refractivity contribution in [3.63, 3.8) is 0 Å².